The Labute approximate surface area is 108 Å². The van der Waals surface area contributed by atoms with Crippen molar-refractivity contribution in [3.8, 4) is 0 Å². The largest absolute Gasteiger partial charge is 0.274 e. The summed E-state index contributed by atoms with van der Waals surface area (Å²) in [5.74, 6) is -1.13. The summed E-state index contributed by atoms with van der Waals surface area (Å²) in [5.41, 5.74) is -0.643. The van der Waals surface area contributed by atoms with Gasteiger partial charge in [0.2, 0.25) is 5.91 Å². The van der Waals surface area contributed by atoms with E-state index in [9.17, 15) is 9.59 Å². The normalized spacial score (nSPS) is 30.1. The molecule has 2 atom stereocenters. The Kier molecular flexibility index (Phi) is 2.28. The first-order chi connectivity index (χ1) is 8.55. The molecule has 5 nitrogen and oxygen atoms in total. The lowest BCUT2D eigenvalue weighted by Crippen LogP contribution is -2.37. The number of anilines is 1. The van der Waals surface area contributed by atoms with E-state index < -0.39 is 11.5 Å². The molecular weight excluding hydrogens is 254 g/mol. The third-order valence-electron chi connectivity index (χ3n) is 3.47. The molecule has 2 amide bonds. The summed E-state index contributed by atoms with van der Waals surface area (Å²) in [5, 5.41) is 8.13. The summed E-state index contributed by atoms with van der Waals surface area (Å²) in [7, 11) is 0. The van der Waals surface area contributed by atoms with Crippen LogP contribution in [0.3, 0.4) is 0 Å². The van der Waals surface area contributed by atoms with Crippen LogP contribution in [-0.2, 0) is 9.59 Å². The van der Waals surface area contributed by atoms with Crippen molar-refractivity contribution >= 4 is 29.1 Å². The molecule has 2 heterocycles. The number of benzene rings is 1. The monoisotopic (exact) mass is 263 g/mol. The molecule has 2 aliphatic heterocycles. The van der Waals surface area contributed by atoms with Gasteiger partial charge in [0.1, 0.15) is 0 Å². The smallest absolute Gasteiger partial charge is 0.264 e. The zero-order valence-corrected chi connectivity index (χ0v) is 10.4. The van der Waals surface area contributed by atoms with Crippen molar-refractivity contribution in [2.24, 2.45) is 16.1 Å². The summed E-state index contributed by atoms with van der Waals surface area (Å²) in [6.45, 7) is 1.91. The lowest BCUT2D eigenvalue weighted by atomic mass is 9.90. The van der Waals surface area contributed by atoms with Crippen molar-refractivity contribution in [3.63, 3.8) is 0 Å². The number of imide groups is 1. The number of fused-ring (bicyclic) bond motifs is 1. The average Bonchev–Trinajstić information content (AvgIpc) is 2.81. The van der Waals surface area contributed by atoms with E-state index in [1.165, 1.54) is 0 Å². The topological polar surface area (TPSA) is 62.1 Å². The molecule has 6 heteroatoms. The number of amides is 2. The van der Waals surface area contributed by atoms with Gasteiger partial charge in [-0.25, -0.2) is 4.90 Å². The van der Waals surface area contributed by atoms with E-state index in [1.807, 2.05) is 0 Å². The fourth-order valence-electron chi connectivity index (χ4n) is 2.37. The van der Waals surface area contributed by atoms with Gasteiger partial charge in [0.25, 0.3) is 5.91 Å². The summed E-state index contributed by atoms with van der Waals surface area (Å²) in [4.78, 5) is 25.8. The van der Waals surface area contributed by atoms with Crippen LogP contribution < -0.4 is 4.90 Å². The molecule has 0 N–H and O–H groups in total. The van der Waals surface area contributed by atoms with Gasteiger partial charge in [-0.2, -0.15) is 10.2 Å². The van der Waals surface area contributed by atoms with Crippen LogP contribution in [0.25, 0.3) is 0 Å². The minimum Gasteiger partial charge on any atom is -0.274 e. The number of halogens is 1. The molecule has 1 saturated heterocycles. The van der Waals surface area contributed by atoms with E-state index in [0.29, 0.717) is 10.7 Å². The molecule has 0 unspecified atom stereocenters. The third kappa shape index (κ3) is 1.28. The molecule has 0 bridgehead atoms. The zero-order valence-electron chi connectivity index (χ0n) is 9.63. The summed E-state index contributed by atoms with van der Waals surface area (Å²) in [6.07, 6.45) is 0. The van der Waals surface area contributed by atoms with Crippen LogP contribution in [0.2, 0.25) is 5.02 Å². The Bertz CT molecular complexity index is 586. The van der Waals surface area contributed by atoms with E-state index in [0.717, 1.165) is 4.90 Å². The molecule has 0 spiro atoms. The Hall–Kier alpha value is -1.75. The highest BCUT2D eigenvalue weighted by Crippen LogP contribution is 2.41. The maximum absolute atomic E-state index is 12.4. The fourth-order valence-corrected chi connectivity index (χ4v) is 2.59. The van der Waals surface area contributed by atoms with Gasteiger partial charge < -0.3 is 0 Å². The van der Waals surface area contributed by atoms with Gasteiger partial charge in [0.15, 0.2) is 5.54 Å². The molecule has 18 heavy (non-hydrogen) atoms. The van der Waals surface area contributed by atoms with Gasteiger partial charge in [-0.15, -0.1) is 0 Å². The molecule has 0 aromatic heterocycles. The quantitative estimate of drug-likeness (QED) is 0.728. The second-order valence-electron chi connectivity index (χ2n) is 4.55. The second-order valence-corrected chi connectivity index (χ2v) is 4.96. The molecule has 1 fully saturated rings. The highest BCUT2D eigenvalue weighted by Gasteiger charge is 2.60. The number of para-hydroxylation sites is 1. The number of nitrogens with zero attached hydrogens (tertiary/aromatic N) is 3. The van der Waals surface area contributed by atoms with Gasteiger partial charge in [-0.05, 0) is 19.1 Å². The fraction of sp³-hybridized carbons (Fsp3) is 0.333. The standard InChI is InChI=1S/C12H10ClN3O2/c1-12-7(6-14-15-12)10(17)16(11(12)18)9-5-3-2-4-8(9)13/h2-5,7H,6H2,1H3/t7-,12-/m0/s1. The lowest BCUT2D eigenvalue weighted by Gasteiger charge is -2.17. The van der Waals surface area contributed by atoms with Gasteiger partial charge >= 0.3 is 0 Å². The molecule has 92 valence electrons. The molecule has 1 aromatic carbocycles. The summed E-state index contributed by atoms with van der Waals surface area (Å²) >= 11 is 6.04. The highest BCUT2D eigenvalue weighted by atomic mass is 35.5. The number of azo groups is 1. The predicted molar refractivity (Wildman–Crippen MR) is 65.6 cm³/mol. The van der Waals surface area contributed by atoms with Crippen molar-refractivity contribution in [2.75, 3.05) is 11.4 Å². The van der Waals surface area contributed by atoms with Crippen molar-refractivity contribution in [1.29, 1.82) is 0 Å². The van der Waals surface area contributed by atoms with Crippen LogP contribution in [0, 0.1) is 5.92 Å². The maximum Gasteiger partial charge on any atom is 0.264 e. The Morgan fingerprint density at radius 1 is 1.39 bits per heavy atom. The molecule has 1 aromatic rings. The summed E-state index contributed by atoms with van der Waals surface area (Å²) in [6, 6.07) is 6.79. The van der Waals surface area contributed by atoms with Gasteiger partial charge in [0, 0.05) is 0 Å². The van der Waals surface area contributed by atoms with Crippen LogP contribution in [0.1, 0.15) is 6.92 Å². The van der Waals surface area contributed by atoms with E-state index in [1.54, 1.807) is 31.2 Å². The minimum atomic E-state index is -1.06. The van der Waals surface area contributed by atoms with Crippen molar-refractivity contribution in [2.45, 2.75) is 12.5 Å². The van der Waals surface area contributed by atoms with E-state index in [-0.39, 0.29) is 18.4 Å². The van der Waals surface area contributed by atoms with Crippen molar-refractivity contribution in [1.82, 2.24) is 0 Å². The number of hydrogen-bond acceptors (Lipinski definition) is 4. The van der Waals surface area contributed by atoms with E-state index in [4.69, 9.17) is 11.6 Å². The van der Waals surface area contributed by atoms with E-state index >= 15 is 0 Å². The third-order valence-corrected chi connectivity index (χ3v) is 3.79. The van der Waals surface area contributed by atoms with Crippen LogP contribution in [0.15, 0.2) is 34.5 Å². The van der Waals surface area contributed by atoms with Crippen LogP contribution >= 0.6 is 11.6 Å². The van der Waals surface area contributed by atoms with E-state index in [2.05, 4.69) is 10.2 Å². The Morgan fingerprint density at radius 2 is 2.11 bits per heavy atom. The molecule has 3 rings (SSSR count). The number of carbonyl (C=O) groups is 2. The maximum atomic E-state index is 12.4. The van der Waals surface area contributed by atoms with Crippen molar-refractivity contribution in [3.05, 3.63) is 29.3 Å². The molecular formula is C12H10ClN3O2. The number of rotatable bonds is 1. The van der Waals surface area contributed by atoms with Crippen LogP contribution in [0.4, 0.5) is 5.69 Å². The predicted octanol–water partition coefficient (Wildman–Crippen LogP) is 2.05. The van der Waals surface area contributed by atoms with Crippen molar-refractivity contribution < 1.29 is 9.59 Å². The molecule has 0 radical (unpaired) electrons. The summed E-state index contributed by atoms with van der Waals surface area (Å²) < 4.78 is 0. The Morgan fingerprint density at radius 3 is 2.78 bits per heavy atom. The molecule has 2 aliphatic rings. The lowest BCUT2D eigenvalue weighted by molar-refractivity contribution is -0.122. The average molecular weight is 264 g/mol. The minimum absolute atomic E-state index is 0.266. The van der Waals surface area contributed by atoms with Crippen LogP contribution in [-0.4, -0.2) is 23.9 Å². The molecule has 0 aliphatic carbocycles. The SMILES string of the molecule is C[C@]12N=NC[C@H]1C(=O)N(c1ccccc1Cl)C2=O. The van der Waals surface area contributed by atoms with Gasteiger partial charge in [-0.3, -0.25) is 9.59 Å². The molecule has 0 saturated carbocycles. The first-order valence-electron chi connectivity index (χ1n) is 5.57. The number of carbonyl (C=O) groups excluding carboxylic acids is 2. The Balaban J connectivity index is 2.11. The van der Waals surface area contributed by atoms with Gasteiger partial charge in [-0.1, -0.05) is 23.7 Å². The van der Waals surface area contributed by atoms with Crippen LogP contribution in [0.5, 0.6) is 0 Å². The first-order valence-corrected chi connectivity index (χ1v) is 5.95. The number of hydrogen-bond donors (Lipinski definition) is 0. The second kappa shape index (κ2) is 3.62. The first kappa shape index (κ1) is 11.3. The van der Waals surface area contributed by atoms with Gasteiger partial charge in [0.05, 0.1) is 23.2 Å². The zero-order chi connectivity index (χ0) is 12.9. The highest BCUT2D eigenvalue weighted by molar-refractivity contribution is 6.36.